The molecule has 0 bridgehead atoms. The minimum atomic E-state index is -1.10. The van der Waals surface area contributed by atoms with E-state index in [9.17, 15) is 24.8 Å². The standard InChI is InChI=1S/C22H35N7O6/c1-15-14-28(11-8-22(15,2)16-5-3-6-17(30)13-16)12-10-25-19(31)18(35-21(24)32)7-4-9-26-20(23)27-29(33)34/h3,5-6,13,15,18,30H,4,7-12,14H2,1-2H3,(H2,24,32)(H,25,31)(H3,23,26,27). The van der Waals surface area contributed by atoms with E-state index < -0.39 is 29.1 Å². The summed E-state index contributed by atoms with van der Waals surface area (Å²) in [6.45, 7) is 7.21. The Labute approximate surface area is 204 Å². The number of nitrogens with one attached hydrogen (secondary N) is 4. The van der Waals surface area contributed by atoms with Crippen LogP contribution in [0.15, 0.2) is 24.3 Å². The number of primary amides is 1. The average Bonchev–Trinajstić information content (AvgIpc) is 2.77. The molecule has 13 heteroatoms. The van der Waals surface area contributed by atoms with Crippen LogP contribution in [0.25, 0.3) is 0 Å². The Balaban J connectivity index is 1.78. The van der Waals surface area contributed by atoms with Gasteiger partial charge in [0.15, 0.2) is 11.1 Å². The van der Waals surface area contributed by atoms with Gasteiger partial charge in [-0.25, -0.2) is 14.9 Å². The van der Waals surface area contributed by atoms with Crippen molar-refractivity contribution in [2.75, 3.05) is 32.7 Å². The molecule has 1 aromatic carbocycles. The van der Waals surface area contributed by atoms with Crippen molar-refractivity contribution in [3.8, 4) is 5.75 Å². The molecule has 3 unspecified atom stereocenters. The second-order valence-corrected chi connectivity index (χ2v) is 8.95. The van der Waals surface area contributed by atoms with Crippen LogP contribution in [-0.2, 0) is 14.9 Å². The van der Waals surface area contributed by atoms with Gasteiger partial charge in [-0.3, -0.25) is 10.2 Å². The topological polar surface area (TPSA) is 196 Å². The number of benzene rings is 1. The molecule has 35 heavy (non-hydrogen) atoms. The fourth-order valence-corrected chi connectivity index (χ4v) is 4.28. The SMILES string of the molecule is CC1CN(CCNC(=O)C(CCCNC(=N)N[N+](=O)[O-])OC(N)=O)CCC1(C)c1cccc(O)c1. The lowest BCUT2D eigenvalue weighted by Gasteiger charge is -2.45. The summed E-state index contributed by atoms with van der Waals surface area (Å²) in [6.07, 6.45) is -0.814. The Morgan fingerprint density at radius 2 is 2.14 bits per heavy atom. The zero-order valence-corrected chi connectivity index (χ0v) is 20.1. The van der Waals surface area contributed by atoms with Gasteiger partial charge >= 0.3 is 6.09 Å². The van der Waals surface area contributed by atoms with Crippen LogP contribution in [0.3, 0.4) is 0 Å². The molecule has 0 radical (unpaired) electrons. The number of hydrogen-bond acceptors (Lipinski definition) is 8. The van der Waals surface area contributed by atoms with E-state index in [4.69, 9.17) is 15.9 Å². The Morgan fingerprint density at radius 1 is 1.40 bits per heavy atom. The van der Waals surface area contributed by atoms with Gasteiger partial charge in [0.25, 0.3) is 11.9 Å². The number of likely N-dealkylation sites (tertiary alicyclic amines) is 1. The number of nitrogens with two attached hydrogens (primary N) is 1. The molecule has 0 aliphatic carbocycles. The fourth-order valence-electron chi connectivity index (χ4n) is 4.28. The van der Waals surface area contributed by atoms with E-state index in [1.807, 2.05) is 18.2 Å². The quantitative estimate of drug-likeness (QED) is 0.0843. The summed E-state index contributed by atoms with van der Waals surface area (Å²) in [5.74, 6) is -0.369. The third-order valence-corrected chi connectivity index (χ3v) is 6.50. The average molecular weight is 494 g/mol. The predicted octanol–water partition coefficient (Wildman–Crippen LogP) is 0.658. The molecule has 0 spiro atoms. The first kappa shape index (κ1) is 27.6. The molecular formula is C22H35N7O6. The van der Waals surface area contributed by atoms with Crippen LogP contribution in [0.2, 0.25) is 0 Å². The highest BCUT2D eigenvalue weighted by molar-refractivity contribution is 5.83. The number of nitro groups is 1. The van der Waals surface area contributed by atoms with Crippen molar-refractivity contribution in [3.63, 3.8) is 0 Å². The Kier molecular flexibility index (Phi) is 10.1. The number of aromatic hydroxyl groups is 1. The van der Waals surface area contributed by atoms with E-state index in [1.54, 1.807) is 11.5 Å². The van der Waals surface area contributed by atoms with Gasteiger partial charge in [0, 0.05) is 26.2 Å². The van der Waals surface area contributed by atoms with Gasteiger partial charge in [-0.2, -0.15) is 0 Å². The van der Waals surface area contributed by atoms with E-state index in [2.05, 4.69) is 29.4 Å². The molecular weight excluding hydrogens is 458 g/mol. The summed E-state index contributed by atoms with van der Waals surface area (Å²) in [7, 11) is 0. The van der Waals surface area contributed by atoms with Crippen LogP contribution in [0.4, 0.5) is 4.79 Å². The molecule has 1 aromatic rings. The first-order valence-electron chi connectivity index (χ1n) is 11.5. The number of nitrogens with zero attached hydrogens (tertiary/aromatic N) is 2. The number of rotatable bonds is 11. The van der Waals surface area contributed by atoms with Crippen molar-refractivity contribution >= 4 is 18.0 Å². The molecule has 1 aliphatic rings. The summed E-state index contributed by atoms with van der Waals surface area (Å²) in [4.78, 5) is 36.3. The van der Waals surface area contributed by atoms with Gasteiger partial charge in [-0.05, 0) is 54.8 Å². The van der Waals surface area contributed by atoms with Crippen molar-refractivity contribution in [2.45, 2.75) is 44.6 Å². The number of guanidine groups is 1. The molecule has 0 aromatic heterocycles. The summed E-state index contributed by atoms with van der Waals surface area (Å²) in [6, 6.07) is 7.39. The zero-order chi connectivity index (χ0) is 26.0. The van der Waals surface area contributed by atoms with E-state index in [0.29, 0.717) is 25.4 Å². The number of piperidine rings is 1. The molecule has 194 valence electrons. The molecule has 7 N–H and O–H groups in total. The summed E-state index contributed by atoms with van der Waals surface area (Å²) < 4.78 is 4.92. The highest BCUT2D eigenvalue weighted by atomic mass is 16.7. The number of phenols is 1. The molecule has 1 heterocycles. The molecule has 1 aliphatic heterocycles. The van der Waals surface area contributed by atoms with E-state index in [0.717, 1.165) is 25.1 Å². The zero-order valence-electron chi connectivity index (χ0n) is 20.1. The van der Waals surface area contributed by atoms with Gasteiger partial charge in [0.2, 0.25) is 0 Å². The van der Waals surface area contributed by atoms with Crippen LogP contribution in [0, 0.1) is 21.4 Å². The first-order chi connectivity index (χ1) is 16.5. The van der Waals surface area contributed by atoms with Crippen LogP contribution in [0.1, 0.15) is 38.7 Å². The lowest BCUT2D eigenvalue weighted by Crippen LogP contribution is -2.49. The Bertz CT molecular complexity index is 914. The van der Waals surface area contributed by atoms with Gasteiger partial charge in [0.05, 0.1) is 0 Å². The number of carbonyl (C=O) groups excluding carboxylic acids is 2. The normalized spacial score (nSPS) is 20.9. The first-order valence-corrected chi connectivity index (χ1v) is 11.5. The predicted molar refractivity (Wildman–Crippen MR) is 128 cm³/mol. The van der Waals surface area contributed by atoms with Crippen LogP contribution in [-0.4, -0.2) is 71.8 Å². The fraction of sp³-hybridized carbons (Fsp3) is 0.591. The van der Waals surface area contributed by atoms with E-state index in [1.165, 1.54) is 0 Å². The maximum atomic E-state index is 12.5. The third-order valence-electron chi connectivity index (χ3n) is 6.50. The molecule has 2 rings (SSSR count). The molecule has 13 nitrogen and oxygen atoms in total. The van der Waals surface area contributed by atoms with Crippen LogP contribution in [0.5, 0.6) is 5.75 Å². The maximum Gasteiger partial charge on any atom is 0.405 e. The van der Waals surface area contributed by atoms with Gasteiger partial charge in [0.1, 0.15) is 5.75 Å². The Hall–Kier alpha value is -3.61. The second kappa shape index (κ2) is 12.7. The Morgan fingerprint density at radius 3 is 2.77 bits per heavy atom. The van der Waals surface area contributed by atoms with Crippen LogP contribution < -0.4 is 21.8 Å². The van der Waals surface area contributed by atoms with Gasteiger partial charge in [-0.15, -0.1) is 0 Å². The van der Waals surface area contributed by atoms with Gasteiger partial charge < -0.3 is 31.1 Å². The maximum absolute atomic E-state index is 12.5. The molecule has 0 saturated carbocycles. The summed E-state index contributed by atoms with van der Waals surface area (Å²) >= 11 is 0. The molecule has 3 atom stereocenters. The minimum Gasteiger partial charge on any atom is -0.508 e. The van der Waals surface area contributed by atoms with E-state index >= 15 is 0 Å². The number of hydrazine groups is 1. The number of phenolic OH excluding ortho intramolecular Hbond substituents is 1. The number of carbonyl (C=O) groups is 2. The number of amides is 2. The van der Waals surface area contributed by atoms with Crippen molar-refractivity contribution in [1.29, 1.82) is 5.41 Å². The largest absolute Gasteiger partial charge is 0.508 e. The number of hydrogen-bond donors (Lipinski definition) is 6. The summed E-state index contributed by atoms with van der Waals surface area (Å²) in [5.41, 5.74) is 7.80. The highest BCUT2D eigenvalue weighted by Crippen LogP contribution is 2.40. The van der Waals surface area contributed by atoms with Crippen molar-refractivity contribution in [2.24, 2.45) is 11.7 Å². The van der Waals surface area contributed by atoms with Crippen molar-refractivity contribution < 1.29 is 24.5 Å². The monoisotopic (exact) mass is 493 g/mol. The minimum absolute atomic E-state index is 0.0571. The third kappa shape index (κ3) is 8.59. The lowest BCUT2D eigenvalue weighted by molar-refractivity contribution is -0.525. The summed E-state index contributed by atoms with van der Waals surface area (Å²) in [5, 5.41) is 31.9. The van der Waals surface area contributed by atoms with Crippen LogP contribution >= 0.6 is 0 Å². The smallest absolute Gasteiger partial charge is 0.405 e. The lowest BCUT2D eigenvalue weighted by atomic mass is 9.68. The molecule has 1 fully saturated rings. The van der Waals surface area contributed by atoms with E-state index in [-0.39, 0.29) is 24.1 Å². The number of ether oxygens (including phenoxy) is 1. The second-order valence-electron chi connectivity index (χ2n) is 8.95. The van der Waals surface area contributed by atoms with Gasteiger partial charge in [-0.1, -0.05) is 31.4 Å². The van der Waals surface area contributed by atoms with Crippen molar-refractivity contribution in [1.82, 2.24) is 21.0 Å². The van der Waals surface area contributed by atoms with Crippen molar-refractivity contribution in [3.05, 3.63) is 39.9 Å². The highest BCUT2D eigenvalue weighted by Gasteiger charge is 2.38. The molecule has 2 amide bonds. The molecule has 1 saturated heterocycles.